The van der Waals surface area contributed by atoms with Crippen LogP contribution < -0.4 is 10.2 Å². The number of piperidine rings is 1. The van der Waals surface area contributed by atoms with Crippen molar-refractivity contribution in [1.29, 1.82) is 0 Å². The van der Waals surface area contributed by atoms with Crippen LogP contribution in [0.4, 0.5) is 11.4 Å². The first-order valence-electron chi connectivity index (χ1n) is 11.2. The molecule has 0 aliphatic carbocycles. The Kier molecular flexibility index (Phi) is 8.05. The van der Waals surface area contributed by atoms with Gasteiger partial charge in [-0.3, -0.25) is 9.59 Å². The number of amides is 2. The monoisotopic (exact) mass is 474 g/mol. The Hall–Kier alpha value is -2.10. The second kappa shape index (κ2) is 11.2. The quantitative estimate of drug-likeness (QED) is 0.660. The molecule has 7 nitrogen and oxygen atoms in total. The van der Waals surface area contributed by atoms with Gasteiger partial charge in [-0.1, -0.05) is 19.1 Å². The lowest BCUT2D eigenvalue weighted by Gasteiger charge is -2.31. The molecule has 1 aromatic carbocycles. The van der Waals surface area contributed by atoms with Crippen LogP contribution in [0.5, 0.6) is 0 Å². The van der Waals surface area contributed by atoms with Crippen LogP contribution in [0.15, 0.2) is 29.6 Å². The minimum Gasteiger partial charge on any atom is -0.378 e. The van der Waals surface area contributed by atoms with Gasteiger partial charge in [-0.25, -0.2) is 4.98 Å². The first-order valence-corrected chi connectivity index (χ1v) is 13.2. The zero-order chi connectivity index (χ0) is 22.3. The molecule has 0 spiro atoms. The molecule has 2 aromatic rings. The largest absolute Gasteiger partial charge is 0.378 e. The van der Waals surface area contributed by atoms with E-state index >= 15 is 0 Å². The Balaban J connectivity index is 1.35. The average molecular weight is 475 g/mol. The minimum absolute atomic E-state index is 0.183. The number of hydrogen-bond donors (Lipinski definition) is 1. The third kappa shape index (κ3) is 5.63. The second-order valence-electron chi connectivity index (χ2n) is 7.93. The number of para-hydroxylation sites is 2. The number of rotatable bonds is 7. The van der Waals surface area contributed by atoms with Gasteiger partial charge in [-0.05, 0) is 30.7 Å². The number of thiazole rings is 1. The van der Waals surface area contributed by atoms with Crippen LogP contribution in [-0.4, -0.2) is 72.6 Å². The van der Waals surface area contributed by atoms with Crippen LogP contribution in [0, 0.1) is 0 Å². The van der Waals surface area contributed by atoms with E-state index in [1.165, 1.54) is 0 Å². The molecule has 0 atom stereocenters. The number of nitrogens with one attached hydrogen (secondary N) is 1. The van der Waals surface area contributed by atoms with Gasteiger partial charge in [-0.2, -0.15) is 11.8 Å². The molecule has 3 heterocycles. The summed E-state index contributed by atoms with van der Waals surface area (Å²) in [7, 11) is 0. The maximum Gasteiger partial charge on any atom is 0.275 e. The molecule has 2 aliphatic heterocycles. The van der Waals surface area contributed by atoms with Crippen molar-refractivity contribution in [3.8, 4) is 0 Å². The van der Waals surface area contributed by atoms with Crippen molar-refractivity contribution >= 4 is 46.3 Å². The Bertz CT molecular complexity index is 921. The normalized spacial score (nSPS) is 17.4. The summed E-state index contributed by atoms with van der Waals surface area (Å²) in [6, 6.07) is 7.88. The van der Waals surface area contributed by atoms with E-state index in [2.05, 4.69) is 22.1 Å². The number of nitrogens with zero attached hydrogens (tertiary/aromatic N) is 3. The third-order valence-corrected chi connectivity index (χ3v) is 7.75. The van der Waals surface area contributed by atoms with Crippen molar-refractivity contribution in [2.75, 3.05) is 61.1 Å². The van der Waals surface area contributed by atoms with Gasteiger partial charge in [0.1, 0.15) is 5.69 Å². The molecule has 172 valence electrons. The summed E-state index contributed by atoms with van der Waals surface area (Å²) in [5.41, 5.74) is 2.27. The van der Waals surface area contributed by atoms with Crippen molar-refractivity contribution < 1.29 is 14.3 Å². The van der Waals surface area contributed by atoms with E-state index in [0.29, 0.717) is 30.6 Å². The van der Waals surface area contributed by atoms with Crippen LogP contribution in [0.25, 0.3) is 0 Å². The summed E-state index contributed by atoms with van der Waals surface area (Å²) in [4.78, 5) is 34.0. The molecule has 2 amide bonds. The van der Waals surface area contributed by atoms with E-state index in [-0.39, 0.29) is 11.8 Å². The van der Waals surface area contributed by atoms with Gasteiger partial charge in [0.05, 0.1) is 35.3 Å². The average Bonchev–Trinajstić information content (AvgIpc) is 3.34. The smallest absolute Gasteiger partial charge is 0.275 e. The SMILES string of the molecule is CCSCC(=O)N1CCC(c2nc(C(=O)Nc3ccccc3N3CCOCC3)cs2)CC1. The minimum atomic E-state index is -0.183. The van der Waals surface area contributed by atoms with Crippen LogP contribution in [0.1, 0.15) is 41.2 Å². The van der Waals surface area contributed by atoms with Crippen LogP contribution in [-0.2, 0) is 9.53 Å². The van der Waals surface area contributed by atoms with Crippen molar-refractivity contribution in [3.05, 3.63) is 40.3 Å². The van der Waals surface area contributed by atoms with E-state index < -0.39 is 0 Å². The van der Waals surface area contributed by atoms with E-state index in [4.69, 9.17) is 4.74 Å². The third-order valence-electron chi connectivity index (χ3n) is 5.89. The van der Waals surface area contributed by atoms with Gasteiger partial charge in [0.2, 0.25) is 5.91 Å². The standard InChI is InChI=1S/C23H30N4O3S2/c1-2-31-16-21(28)27-9-7-17(8-10-27)23-25-19(15-32-23)22(29)24-18-5-3-4-6-20(18)26-11-13-30-14-12-26/h3-6,15,17H,2,7-14,16H2,1H3,(H,24,29). The highest BCUT2D eigenvalue weighted by atomic mass is 32.2. The zero-order valence-corrected chi connectivity index (χ0v) is 20.1. The van der Waals surface area contributed by atoms with Crippen LogP contribution in [0.3, 0.4) is 0 Å². The fraction of sp³-hybridized carbons (Fsp3) is 0.522. The predicted molar refractivity (Wildman–Crippen MR) is 131 cm³/mol. The molecule has 4 rings (SSSR count). The Morgan fingerprint density at radius 3 is 2.69 bits per heavy atom. The van der Waals surface area contributed by atoms with Crippen LogP contribution in [0.2, 0.25) is 0 Å². The maximum atomic E-state index is 12.9. The number of hydrogen-bond acceptors (Lipinski definition) is 7. The number of anilines is 2. The van der Waals surface area contributed by atoms with Crippen LogP contribution >= 0.6 is 23.1 Å². The highest BCUT2D eigenvalue weighted by Crippen LogP contribution is 2.31. The second-order valence-corrected chi connectivity index (χ2v) is 10.1. The summed E-state index contributed by atoms with van der Waals surface area (Å²) >= 11 is 3.21. The molecule has 2 aliphatic rings. The highest BCUT2D eigenvalue weighted by Gasteiger charge is 2.26. The summed E-state index contributed by atoms with van der Waals surface area (Å²) < 4.78 is 5.45. The lowest BCUT2D eigenvalue weighted by atomic mass is 9.97. The molecular formula is C23H30N4O3S2. The van der Waals surface area contributed by atoms with Gasteiger partial charge in [0, 0.05) is 37.5 Å². The Morgan fingerprint density at radius 2 is 1.94 bits per heavy atom. The number of carbonyl (C=O) groups excluding carboxylic acids is 2. The summed E-state index contributed by atoms with van der Waals surface area (Å²) in [5.74, 6) is 1.88. The van der Waals surface area contributed by atoms with Gasteiger partial charge < -0.3 is 19.9 Å². The van der Waals surface area contributed by atoms with E-state index in [0.717, 1.165) is 61.2 Å². The van der Waals surface area contributed by atoms with Crippen molar-refractivity contribution in [2.24, 2.45) is 0 Å². The first kappa shape index (κ1) is 23.1. The molecule has 1 aromatic heterocycles. The fourth-order valence-corrected chi connectivity index (χ4v) is 5.61. The zero-order valence-electron chi connectivity index (χ0n) is 18.4. The maximum absolute atomic E-state index is 12.9. The molecule has 2 fully saturated rings. The molecule has 0 unspecified atom stereocenters. The molecular weight excluding hydrogens is 444 g/mol. The predicted octanol–water partition coefficient (Wildman–Crippen LogP) is 3.69. The lowest BCUT2D eigenvalue weighted by Crippen LogP contribution is -2.39. The molecule has 1 N–H and O–H groups in total. The van der Waals surface area contributed by atoms with E-state index in [9.17, 15) is 9.59 Å². The number of likely N-dealkylation sites (tertiary alicyclic amines) is 1. The molecule has 0 bridgehead atoms. The summed E-state index contributed by atoms with van der Waals surface area (Å²) in [5, 5.41) is 5.89. The number of aromatic nitrogens is 1. The number of benzene rings is 1. The van der Waals surface area contributed by atoms with E-state index in [1.54, 1.807) is 23.1 Å². The molecule has 9 heteroatoms. The Morgan fingerprint density at radius 1 is 1.19 bits per heavy atom. The van der Waals surface area contributed by atoms with Gasteiger partial charge in [-0.15, -0.1) is 11.3 Å². The Labute approximate surface area is 197 Å². The number of thioether (sulfide) groups is 1. The molecule has 32 heavy (non-hydrogen) atoms. The summed E-state index contributed by atoms with van der Waals surface area (Å²) in [6.45, 7) is 6.61. The number of ether oxygens (including phenoxy) is 1. The van der Waals surface area contributed by atoms with Gasteiger partial charge in [0.15, 0.2) is 0 Å². The van der Waals surface area contributed by atoms with Crippen molar-refractivity contribution in [2.45, 2.75) is 25.7 Å². The number of carbonyl (C=O) groups is 2. The molecule has 0 radical (unpaired) electrons. The first-order chi connectivity index (χ1) is 15.7. The topological polar surface area (TPSA) is 74.8 Å². The lowest BCUT2D eigenvalue weighted by molar-refractivity contribution is -0.129. The van der Waals surface area contributed by atoms with E-state index in [1.807, 2.05) is 34.5 Å². The number of morpholine rings is 1. The molecule has 0 saturated carbocycles. The van der Waals surface area contributed by atoms with Crippen molar-refractivity contribution in [1.82, 2.24) is 9.88 Å². The summed E-state index contributed by atoms with van der Waals surface area (Å²) in [6.07, 6.45) is 1.80. The van der Waals surface area contributed by atoms with Crippen molar-refractivity contribution in [3.63, 3.8) is 0 Å². The van der Waals surface area contributed by atoms with Gasteiger partial charge in [0.25, 0.3) is 5.91 Å². The fourth-order valence-electron chi connectivity index (χ4n) is 4.08. The van der Waals surface area contributed by atoms with Gasteiger partial charge >= 0.3 is 0 Å². The molecule has 2 saturated heterocycles. The highest BCUT2D eigenvalue weighted by molar-refractivity contribution is 7.99.